The molecule has 0 saturated carbocycles. The summed E-state index contributed by atoms with van der Waals surface area (Å²) >= 11 is 3.33. The van der Waals surface area contributed by atoms with E-state index in [0.29, 0.717) is 17.9 Å². The zero-order valence-electron chi connectivity index (χ0n) is 10.00. The number of nitrogen functional groups attached to an aromatic ring is 1. The van der Waals surface area contributed by atoms with Crippen molar-refractivity contribution >= 4 is 27.5 Å². The number of benzene rings is 1. The number of nitrogens with two attached hydrogens (primary N) is 1. The summed E-state index contributed by atoms with van der Waals surface area (Å²) in [5, 5.41) is 2.90. The lowest BCUT2D eigenvalue weighted by Gasteiger charge is -2.16. The first-order valence-electron chi connectivity index (χ1n) is 5.43. The number of carbonyl (C=O) groups is 1. The summed E-state index contributed by atoms with van der Waals surface area (Å²) in [4.78, 5) is 12.0. The number of ether oxygens (including phenoxy) is 1. The normalized spacial score (nSPS) is 12.2. The molecule has 0 radical (unpaired) electrons. The molecule has 0 aliphatic heterocycles. The highest BCUT2D eigenvalue weighted by atomic mass is 79.9. The van der Waals surface area contributed by atoms with Gasteiger partial charge in [-0.1, -0.05) is 6.92 Å². The molecule has 0 bridgehead atoms. The minimum Gasteiger partial charge on any atom is -0.399 e. The molecule has 0 heterocycles. The molecule has 1 rings (SSSR count). The number of carbonyl (C=O) groups excluding carboxylic acids is 1. The Labute approximate surface area is 110 Å². The van der Waals surface area contributed by atoms with Gasteiger partial charge in [0.25, 0.3) is 5.91 Å². The molecule has 1 atom stereocenters. The third-order valence-electron chi connectivity index (χ3n) is 2.43. The number of hydrogen-bond acceptors (Lipinski definition) is 3. The highest BCUT2D eigenvalue weighted by Crippen LogP contribution is 2.19. The van der Waals surface area contributed by atoms with Crippen molar-refractivity contribution in [1.29, 1.82) is 0 Å². The van der Waals surface area contributed by atoms with Gasteiger partial charge in [-0.3, -0.25) is 4.79 Å². The van der Waals surface area contributed by atoms with Crippen LogP contribution in [0.3, 0.4) is 0 Å². The molecule has 17 heavy (non-hydrogen) atoms. The van der Waals surface area contributed by atoms with Gasteiger partial charge in [0, 0.05) is 17.3 Å². The van der Waals surface area contributed by atoms with E-state index in [1.807, 2.05) is 6.92 Å². The van der Waals surface area contributed by atoms with E-state index in [1.165, 1.54) is 0 Å². The molecule has 4 nitrogen and oxygen atoms in total. The second kappa shape index (κ2) is 6.61. The maximum Gasteiger partial charge on any atom is 0.252 e. The standard InChI is InChI=1S/C12H17BrN2O2/c1-3-9(7-17-2)15-12(16)10-6-8(14)4-5-11(10)13/h4-6,9H,3,7,14H2,1-2H3,(H,15,16). The number of anilines is 1. The monoisotopic (exact) mass is 300 g/mol. The lowest BCUT2D eigenvalue weighted by molar-refractivity contribution is 0.0894. The Hall–Kier alpha value is -1.07. The van der Waals surface area contributed by atoms with Gasteiger partial charge in [0.1, 0.15) is 0 Å². The van der Waals surface area contributed by atoms with Gasteiger partial charge in [0.05, 0.1) is 18.2 Å². The van der Waals surface area contributed by atoms with Crippen molar-refractivity contribution in [2.75, 3.05) is 19.5 Å². The third kappa shape index (κ3) is 4.02. The first-order chi connectivity index (χ1) is 8.08. The Balaban J connectivity index is 2.78. The van der Waals surface area contributed by atoms with Crippen LogP contribution >= 0.6 is 15.9 Å². The Bertz CT molecular complexity index is 396. The Kier molecular flexibility index (Phi) is 5.44. The van der Waals surface area contributed by atoms with Crippen LogP contribution in [0.2, 0.25) is 0 Å². The molecule has 0 saturated heterocycles. The highest BCUT2D eigenvalue weighted by Gasteiger charge is 2.14. The van der Waals surface area contributed by atoms with Crippen LogP contribution in [0.15, 0.2) is 22.7 Å². The van der Waals surface area contributed by atoms with Crippen LogP contribution in [-0.2, 0) is 4.74 Å². The molecule has 1 aromatic carbocycles. The summed E-state index contributed by atoms with van der Waals surface area (Å²) in [6.45, 7) is 2.50. The van der Waals surface area contributed by atoms with Gasteiger partial charge in [-0.05, 0) is 40.5 Å². The largest absolute Gasteiger partial charge is 0.399 e. The van der Waals surface area contributed by atoms with Gasteiger partial charge < -0.3 is 15.8 Å². The molecule has 94 valence electrons. The summed E-state index contributed by atoms with van der Waals surface area (Å²) in [6.07, 6.45) is 0.819. The van der Waals surface area contributed by atoms with Gasteiger partial charge in [0.15, 0.2) is 0 Å². The van der Waals surface area contributed by atoms with Crippen LogP contribution in [0.5, 0.6) is 0 Å². The van der Waals surface area contributed by atoms with Gasteiger partial charge in [-0.25, -0.2) is 0 Å². The van der Waals surface area contributed by atoms with Crippen LogP contribution in [0.25, 0.3) is 0 Å². The summed E-state index contributed by atoms with van der Waals surface area (Å²) in [5.74, 6) is -0.145. The Morgan fingerprint density at radius 2 is 2.29 bits per heavy atom. The summed E-state index contributed by atoms with van der Waals surface area (Å²) in [5.41, 5.74) is 6.77. The molecule has 0 aliphatic rings. The third-order valence-corrected chi connectivity index (χ3v) is 3.12. The molecule has 0 aromatic heterocycles. The fraction of sp³-hybridized carbons (Fsp3) is 0.417. The smallest absolute Gasteiger partial charge is 0.252 e. The topological polar surface area (TPSA) is 64.3 Å². The maximum atomic E-state index is 12.0. The van der Waals surface area contributed by atoms with Crippen LogP contribution in [0.1, 0.15) is 23.7 Å². The van der Waals surface area contributed by atoms with E-state index in [-0.39, 0.29) is 11.9 Å². The molecule has 1 unspecified atom stereocenters. The number of methoxy groups -OCH3 is 1. The summed E-state index contributed by atoms with van der Waals surface area (Å²) < 4.78 is 5.77. The first-order valence-corrected chi connectivity index (χ1v) is 6.22. The molecule has 0 spiro atoms. The lowest BCUT2D eigenvalue weighted by atomic mass is 10.1. The van der Waals surface area contributed by atoms with Gasteiger partial charge in [0.2, 0.25) is 0 Å². The number of rotatable bonds is 5. The highest BCUT2D eigenvalue weighted by molar-refractivity contribution is 9.10. The van der Waals surface area contributed by atoms with Crippen LogP contribution in [0.4, 0.5) is 5.69 Å². The van der Waals surface area contributed by atoms with Crippen molar-refractivity contribution in [3.05, 3.63) is 28.2 Å². The predicted molar refractivity (Wildman–Crippen MR) is 72.0 cm³/mol. The summed E-state index contributed by atoms with van der Waals surface area (Å²) in [7, 11) is 1.62. The first kappa shape index (κ1) is 14.0. The fourth-order valence-electron chi connectivity index (χ4n) is 1.44. The number of halogens is 1. The molecule has 1 amide bonds. The van der Waals surface area contributed by atoms with Crippen molar-refractivity contribution in [2.24, 2.45) is 0 Å². The zero-order chi connectivity index (χ0) is 12.8. The van der Waals surface area contributed by atoms with Crippen molar-refractivity contribution in [2.45, 2.75) is 19.4 Å². The summed E-state index contributed by atoms with van der Waals surface area (Å²) in [6, 6.07) is 5.18. The molecule has 1 aromatic rings. The van der Waals surface area contributed by atoms with Crippen LogP contribution < -0.4 is 11.1 Å². The number of nitrogens with one attached hydrogen (secondary N) is 1. The lowest BCUT2D eigenvalue weighted by Crippen LogP contribution is -2.37. The number of amides is 1. The van der Waals surface area contributed by atoms with E-state index in [1.54, 1.807) is 25.3 Å². The molecule has 3 N–H and O–H groups in total. The van der Waals surface area contributed by atoms with Gasteiger partial charge in [-0.2, -0.15) is 0 Å². The van der Waals surface area contributed by atoms with E-state index in [2.05, 4.69) is 21.2 Å². The average Bonchev–Trinajstić information content (AvgIpc) is 2.31. The average molecular weight is 301 g/mol. The minimum atomic E-state index is -0.145. The van der Waals surface area contributed by atoms with Gasteiger partial charge >= 0.3 is 0 Å². The van der Waals surface area contributed by atoms with E-state index in [9.17, 15) is 4.79 Å². The number of hydrogen-bond donors (Lipinski definition) is 2. The fourth-order valence-corrected chi connectivity index (χ4v) is 1.87. The van der Waals surface area contributed by atoms with Crippen molar-refractivity contribution < 1.29 is 9.53 Å². The SMILES string of the molecule is CCC(COC)NC(=O)c1cc(N)ccc1Br. The van der Waals surface area contributed by atoms with Crippen molar-refractivity contribution in [1.82, 2.24) is 5.32 Å². The van der Waals surface area contributed by atoms with Crippen LogP contribution in [-0.4, -0.2) is 25.7 Å². The van der Waals surface area contributed by atoms with Gasteiger partial charge in [-0.15, -0.1) is 0 Å². The van der Waals surface area contributed by atoms with E-state index in [4.69, 9.17) is 10.5 Å². The molecule has 5 heteroatoms. The molecular formula is C12H17BrN2O2. The molecular weight excluding hydrogens is 284 g/mol. The molecule has 0 aliphatic carbocycles. The predicted octanol–water partition coefficient (Wildman–Crippen LogP) is 2.19. The zero-order valence-corrected chi connectivity index (χ0v) is 11.6. The Morgan fingerprint density at radius 1 is 1.59 bits per heavy atom. The quantitative estimate of drug-likeness (QED) is 0.819. The van der Waals surface area contributed by atoms with E-state index >= 15 is 0 Å². The van der Waals surface area contributed by atoms with Crippen molar-refractivity contribution in [3.63, 3.8) is 0 Å². The Morgan fingerprint density at radius 3 is 2.88 bits per heavy atom. The minimum absolute atomic E-state index is 0.0147. The second-order valence-electron chi connectivity index (χ2n) is 3.77. The van der Waals surface area contributed by atoms with Crippen molar-refractivity contribution in [3.8, 4) is 0 Å². The molecule has 0 fully saturated rings. The van der Waals surface area contributed by atoms with E-state index in [0.717, 1.165) is 10.9 Å². The van der Waals surface area contributed by atoms with E-state index < -0.39 is 0 Å². The van der Waals surface area contributed by atoms with Crippen LogP contribution in [0, 0.1) is 0 Å². The second-order valence-corrected chi connectivity index (χ2v) is 4.63. The maximum absolute atomic E-state index is 12.0.